The number of rotatable bonds is 4. The molecule has 0 unspecified atom stereocenters. The van der Waals surface area contributed by atoms with Gasteiger partial charge in [-0.05, 0) is 18.6 Å². The summed E-state index contributed by atoms with van der Waals surface area (Å²) in [7, 11) is 0. The summed E-state index contributed by atoms with van der Waals surface area (Å²) in [5.74, 6) is 0.168. The molecule has 0 heterocycles. The minimum Gasteiger partial charge on any atom is -0.480 e. The summed E-state index contributed by atoms with van der Waals surface area (Å²) in [6.07, 6.45) is 0. The third-order valence-electron chi connectivity index (χ3n) is 2.66. The summed E-state index contributed by atoms with van der Waals surface area (Å²) in [5, 5.41) is 23.1. The first-order valence-corrected chi connectivity index (χ1v) is 5.85. The molecule has 1 aromatic carbocycles. The number of benzene rings is 1. The molecule has 0 amide bonds. The van der Waals surface area contributed by atoms with Crippen LogP contribution < -0.4 is 4.74 Å². The van der Waals surface area contributed by atoms with Crippen molar-refractivity contribution in [3.05, 3.63) is 33.9 Å². The Morgan fingerprint density at radius 2 is 2.11 bits per heavy atom. The normalized spacial score (nSPS) is 12.3. The van der Waals surface area contributed by atoms with Gasteiger partial charge in [-0.3, -0.25) is 10.1 Å². The second kappa shape index (κ2) is 5.69. The highest BCUT2D eigenvalue weighted by Crippen LogP contribution is 2.28. The standard InChI is InChI=1S/C13H18N2O4/c1-9-5-6-11(10(7-9)15(17)18)19-8-12(14-16)13(2,3)4/h5-7,16H,8H2,1-4H3. The van der Waals surface area contributed by atoms with E-state index >= 15 is 0 Å². The van der Waals surface area contributed by atoms with Crippen LogP contribution in [0.25, 0.3) is 0 Å². The van der Waals surface area contributed by atoms with Gasteiger partial charge in [0.15, 0.2) is 5.75 Å². The molecule has 0 bridgehead atoms. The van der Waals surface area contributed by atoms with Gasteiger partial charge in [0.2, 0.25) is 0 Å². The first kappa shape index (κ1) is 14.9. The van der Waals surface area contributed by atoms with Crippen LogP contribution in [0.4, 0.5) is 5.69 Å². The van der Waals surface area contributed by atoms with Crippen LogP contribution in [0.15, 0.2) is 23.4 Å². The molecule has 0 radical (unpaired) electrons. The number of ether oxygens (including phenoxy) is 1. The van der Waals surface area contributed by atoms with E-state index in [1.54, 1.807) is 19.1 Å². The molecule has 0 saturated heterocycles. The summed E-state index contributed by atoms with van der Waals surface area (Å²) in [6.45, 7) is 7.38. The first-order chi connectivity index (χ1) is 8.75. The van der Waals surface area contributed by atoms with E-state index in [0.717, 1.165) is 5.56 Å². The highest BCUT2D eigenvalue weighted by Gasteiger charge is 2.22. The van der Waals surface area contributed by atoms with Crippen LogP contribution in [-0.4, -0.2) is 22.4 Å². The lowest BCUT2D eigenvalue weighted by molar-refractivity contribution is -0.385. The number of oxime groups is 1. The maximum absolute atomic E-state index is 10.9. The maximum atomic E-state index is 10.9. The largest absolute Gasteiger partial charge is 0.480 e. The Morgan fingerprint density at radius 1 is 1.47 bits per heavy atom. The van der Waals surface area contributed by atoms with Crippen molar-refractivity contribution in [3.63, 3.8) is 0 Å². The quantitative estimate of drug-likeness (QED) is 0.392. The number of nitrogens with zero attached hydrogens (tertiary/aromatic N) is 2. The lowest BCUT2D eigenvalue weighted by atomic mass is 9.90. The van der Waals surface area contributed by atoms with E-state index in [2.05, 4.69) is 5.16 Å². The van der Waals surface area contributed by atoms with Crippen LogP contribution in [0, 0.1) is 22.5 Å². The fourth-order valence-corrected chi connectivity index (χ4v) is 1.43. The first-order valence-electron chi connectivity index (χ1n) is 5.85. The van der Waals surface area contributed by atoms with Gasteiger partial charge in [0, 0.05) is 11.5 Å². The highest BCUT2D eigenvalue weighted by molar-refractivity contribution is 5.90. The van der Waals surface area contributed by atoms with Crippen LogP contribution in [0.1, 0.15) is 26.3 Å². The second-order valence-corrected chi connectivity index (χ2v) is 5.31. The maximum Gasteiger partial charge on any atom is 0.311 e. The Labute approximate surface area is 111 Å². The Bertz CT molecular complexity index is 504. The minimum absolute atomic E-state index is 0.00387. The summed E-state index contributed by atoms with van der Waals surface area (Å²) >= 11 is 0. The Kier molecular flexibility index (Phi) is 4.47. The molecule has 0 fully saturated rings. The smallest absolute Gasteiger partial charge is 0.311 e. The van der Waals surface area contributed by atoms with E-state index in [1.807, 2.05) is 20.8 Å². The number of nitro benzene ring substituents is 1. The van der Waals surface area contributed by atoms with E-state index in [0.29, 0.717) is 5.71 Å². The Balaban J connectivity index is 2.92. The fourth-order valence-electron chi connectivity index (χ4n) is 1.43. The van der Waals surface area contributed by atoms with Gasteiger partial charge in [-0.1, -0.05) is 32.0 Å². The van der Waals surface area contributed by atoms with Crippen LogP contribution >= 0.6 is 0 Å². The van der Waals surface area contributed by atoms with Crippen molar-refractivity contribution >= 4 is 11.4 Å². The Hall–Kier alpha value is -2.11. The molecule has 0 aliphatic rings. The molecule has 104 valence electrons. The van der Waals surface area contributed by atoms with Crippen molar-refractivity contribution in [1.29, 1.82) is 0 Å². The lowest BCUT2D eigenvalue weighted by Gasteiger charge is -2.19. The van der Waals surface area contributed by atoms with Gasteiger partial charge in [0.1, 0.15) is 6.61 Å². The number of nitro groups is 1. The summed E-state index contributed by atoms with van der Waals surface area (Å²) in [6, 6.07) is 4.72. The molecule has 1 rings (SSSR count). The molecule has 0 aliphatic heterocycles. The second-order valence-electron chi connectivity index (χ2n) is 5.31. The molecule has 0 aliphatic carbocycles. The predicted octanol–water partition coefficient (Wildman–Crippen LogP) is 3.16. The number of aryl methyl sites for hydroxylation is 1. The zero-order chi connectivity index (χ0) is 14.6. The van der Waals surface area contributed by atoms with E-state index in [-0.39, 0.29) is 23.5 Å². The predicted molar refractivity (Wildman–Crippen MR) is 72.0 cm³/mol. The molecular weight excluding hydrogens is 248 g/mol. The lowest BCUT2D eigenvalue weighted by Crippen LogP contribution is -2.27. The fraction of sp³-hybridized carbons (Fsp3) is 0.462. The summed E-state index contributed by atoms with van der Waals surface area (Å²) < 4.78 is 5.40. The van der Waals surface area contributed by atoms with Gasteiger partial charge in [0.25, 0.3) is 0 Å². The van der Waals surface area contributed by atoms with Crippen molar-refractivity contribution in [2.45, 2.75) is 27.7 Å². The van der Waals surface area contributed by atoms with Gasteiger partial charge in [-0.2, -0.15) is 0 Å². The zero-order valence-electron chi connectivity index (χ0n) is 11.5. The van der Waals surface area contributed by atoms with Gasteiger partial charge in [-0.25, -0.2) is 0 Å². The van der Waals surface area contributed by atoms with Crippen LogP contribution in [-0.2, 0) is 0 Å². The van der Waals surface area contributed by atoms with Gasteiger partial charge >= 0.3 is 5.69 Å². The third kappa shape index (κ3) is 3.94. The molecule has 0 saturated carbocycles. The third-order valence-corrected chi connectivity index (χ3v) is 2.66. The topological polar surface area (TPSA) is 85.0 Å². The van der Waals surface area contributed by atoms with Crippen molar-refractivity contribution < 1.29 is 14.9 Å². The average Bonchev–Trinajstić information content (AvgIpc) is 2.29. The van der Waals surface area contributed by atoms with Crippen LogP contribution in [0.2, 0.25) is 0 Å². The monoisotopic (exact) mass is 266 g/mol. The minimum atomic E-state index is -0.491. The zero-order valence-corrected chi connectivity index (χ0v) is 11.5. The van der Waals surface area contributed by atoms with Crippen LogP contribution in [0.3, 0.4) is 0 Å². The van der Waals surface area contributed by atoms with Gasteiger partial charge < -0.3 is 9.94 Å². The van der Waals surface area contributed by atoms with Gasteiger partial charge in [-0.15, -0.1) is 0 Å². The molecule has 0 spiro atoms. The number of hydrogen-bond acceptors (Lipinski definition) is 5. The molecule has 6 heteroatoms. The molecule has 1 N–H and O–H groups in total. The van der Waals surface area contributed by atoms with E-state index in [9.17, 15) is 10.1 Å². The number of hydrogen-bond donors (Lipinski definition) is 1. The summed E-state index contributed by atoms with van der Waals surface area (Å²) in [4.78, 5) is 10.4. The SMILES string of the molecule is Cc1ccc(OCC(=NO)C(C)(C)C)c([N+](=O)[O-])c1. The molecule has 0 atom stereocenters. The van der Waals surface area contributed by atoms with Crippen molar-refractivity contribution in [2.75, 3.05) is 6.61 Å². The Morgan fingerprint density at radius 3 is 2.58 bits per heavy atom. The molecular formula is C13H18N2O4. The van der Waals surface area contributed by atoms with Crippen molar-refractivity contribution in [3.8, 4) is 5.75 Å². The van der Waals surface area contributed by atoms with Crippen LogP contribution in [0.5, 0.6) is 5.75 Å². The molecule has 6 nitrogen and oxygen atoms in total. The molecule has 0 aromatic heterocycles. The summed E-state index contributed by atoms with van der Waals surface area (Å²) in [5.41, 5.74) is 0.744. The average molecular weight is 266 g/mol. The van der Waals surface area contributed by atoms with E-state index in [1.165, 1.54) is 6.07 Å². The van der Waals surface area contributed by atoms with Crippen molar-refractivity contribution in [1.82, 2.24) is 0 Å². The van der Waals surface area contributed by atoms with E-state index < -0.39 is 4.92 Å². The molecule has 1 aromatic rings. The van der Waals surface area contributed by atoms with E-state index in [4.69, 9.17) is 9.94 Å². The highest BCUT2D eigenvalue weighted by atomic mass is 16.6. The molecule has 19 heavy (non-hydrogen) atoms. The van der Waals surface area contributed by atoms with Gasteiger partial charge in [0.05, 0.1) is 10.6 Å². The van der Waals surface area contributed by atoms with Crippen molar-refractivity contribution in [2.24, 2.45) is 10.6 Å².